The Morgan fingerprint density at radius 1 is 1.09 bits per heavy atom. The Hall–Kier alpha value is -3.06. The van der Waals surface area contributed by atoms with Gasteiger partial charge < -0.3 is 40.4 Å². The lowest BCUT2D eigenvalue weighted by Gasteiger charge is -2.34. The molecule has 2 saturated carbocycles. The number of rotatable bonds is 11. The minimum atomic E-state index is -0.552. The highest BCUT2D eigenvalue weighted by molar-refractivity contribution is 8.76. The second-order valence-corrected chi connectivity index (χ2v) is 17.9. The quantitative estimate of drug-likeness (QED) is 0.114. The first-order valence-electron chi connectivity index (χ1n) is 19.0. The molecule has 5 N–H and O–H groups in total. The maximum Gasteiger partial charge on any atom is 0.196 e. The lowest BCUT2D eigenvalue weighted by atomic mass is 9.70. The average Bonchev–Trinajstić information content (AvgIpc) is 3.74. The number of carbonyl (C=O) groups excluding carboxylic acids is 1. The number of hydrogen-bond acceptors (Lipinski definition) is 10. The number of ketones is 1. The Labute approximate surface area is 324 Å². The van der Waals surface area contributed by atoms with Crippen molar-refractivity contribution in [1.29, 1.82) is 0 Å². The molecule has 3 aliphatic rings. The Balaban J connectivity index is 1.51. The molecule has 0 spiro atoms. The van der Waals surface area contributed by atoms with Crippen LogP contribution in [0.1, 0.15) is 69.9 Å². The van der Waals surface area contributed by atoms with Gasteiger partial charge in [-0.3, -0.25) is 9.79 Å². The van der Waals surface area contributed by atoms with Gasteiger partial charge in [0, 0.05) is 38.5 Å². The van der Waals surface area contributed by atoms with Crippen molar-refractivity contribution in [2.24, 2.45) is 34.1 Å². The number of nitrogens with zero attached hydrogens (tertiary/aromatic N) is 1. The van der Waals surface area contributed by atoms with Crippen LogP contribution in [0, 0.1) is 29.1 Å². The smallest absolute Gasteiger partial charge is 0.196 e. The van der Waals surface area contributed by atoms with Gasteiger partial charge in [0.1, 0.15) is 5.60 Å². The molecule has 2 aromatic carbocycles. The molecular weight excluding hydrogens is 709 g/mol. The topological polar surface area (TPSA) is 134 Å². The molecule has 5 rings (SSSR count). The van der Waals surface area contributed by atoms with Crippen LogP contribution in [-0.4, -0.2) is 80.7 Å². The molecule has 10 nitrogen and oxygen atoms in total. The molecule has 2 fully saturated rings. The highest BCUT2D eigenvalue weighted by Crippen LogP contribution is 2.50. The van der Waals surface area contributed by atoms with Gasteiger partial charge in [0.25, 0.3) is 0 Å². The van der Waals surface area contributed by atoms with Gasteiger partial charge in [-0.15, -0.1) is 0 Å². The number of methoxy groups -OCH3 is 2. The van der Waals surface area contributed by atoms with E-state index < -0.39 is 11.0 Å². The SMILES string of the molecule is CN=C1NCSSCC2CCCC2(Cc2ccc(O)c(OC)c2)C(=O)C=CC(C(C)C)Cc2cc(c(O)c(OC3(CNC)CCC(CCOC)C3)c2)N1. The summed E-state index contributed by atoms with van der Waals surface area (Å²) >= 11 is 0. The molecule has 2 bridgehead atoms. The van der Waals surface area contributed by atoms with Gasteiger partial charge in [-0.1, -0.05) is 54.0 Å². The summed E-state index contributed by atoms with van der Waals surface area (Å²) in [7, 11) is 10.4. The zero-order chi connectivity index (χ0) is 38.0. The Morgan fingerprint density at radius 3 is 2.66 bits per heavy atom. The minimum absolute atomic E-state index is 0.0555. The fourth-order valence-electron chi connectivity index (χ4n) is 8.51. The number of aromatic hydroxyl groups is 2. The van der Waals surface area contributed by atoms with E-state index in [0.29, 0.717) is 54.3 Å². The first-order valence-corrected chi connectivity index (χ1v) is 21.5. The van der Waals surface area contributed by atoms with Gasteiger partial charge >= 0.3 is 0 Å². The summed E-state index contributed by atoms with van der Waals surface area (Å²) in [5.41, 5.74) is 1.51. The summed E-state index contributed by atoms with van der Waals surface area (Å²) in [6, 6.07) is 9.41. The molecule has 53 heavy (non-hydrogen) atoms. The van der Waals surface area contributed by atoms with Gasteiger partial charge in [0.2, 0.25) is 0 Å². The van der Waals surface area contributed by atoms with E-state index in [-0.39, 0.29) is 35.0 Å². The van der Waals surface area contributed by atoms with Gasteiger partial charge in [-0.05, 0) is 124 Å². The number of nitrogens with one attached hydrogen (secondary N) is 3. The van der Waals surface area contributed by atoms with Gasteiger partial charge in [0.15, 0.2) is 34.7 Å². The summed E-state index contributed by atoms with van der Waals surface area (Å²) in [4.78, 5) is 19.1. The number of carbonyl (C=O) groups is 1. The molecule has 0 radical (unpaired) electrons. The van der Waals surface area contributed by atoms with Crippen LogP contribution in [0.4, 0.5) is 5.69 Å². The molecule has 2 aromatic rings. The van der Waals surface area contributed by atoms with E-state index in [1.807, 2.05) is 37.4 Å². The van der Waals surface area contributed by atoms with E-state index in [1.54, 1.807) is 48.9 Å². The highest BCUT2D eigenvalue weighted by atomic mass is 33.1. The van der Waals surface area contributed by atoms with Crippen molar-refractivity contribution in [3.63, 3.8) is 0 Å². The number of fused-ring (bicyclic) bond motifs is 3. The van der Waals surface area contributed by atoms with Crippen molar-refractivity contribution in [1.82, 2.24) is 10.6 Å². The van der Waals surface area contributed by atoms with Crippen LogP contribution in [0.5, 0.6) is 23.0 Å². The molecule has 1 aliphatic heterocycles. The largest absolute Gasteiger partial charge is 0.504 e. The number of allylic oxidation sites excluding steroid dienone is 2. The lowest BCUT2D eigenvalue weighted by molar-refractivity contribution is -0.125. The number of phenols is 2. The van der Waals surface area contributed by atoms with Gasteiger partial charge in [-0.25, -0.2) is 0 Å². The number of hydrogen-bond donors (Lipinski definition) is 5. The van der Waals surface area contributed by atoms with Crippen molar-refractivity contribution in [2.45, 2.75) is 77.2 Å². The number of benzene rings is 2. The molecule has 0 aromatic heterocycles. The Kier molecular flexibility index (Phi) is 14.7. The van der Waals surface area contributed by atoms with Crippen LogP contribution in [0.2, 0.25) is 0 Å². The monoisotopic (exact) mass is 768 g/mol. The maximum atomic E-state index is 14.6. The second-order valence-electron chi connectivity index (χ2n) is 15.4. The van der Waals surface area contributed by atoms with E-state index in [1.165, 1.54) is 0 Å². The number of guanidine groups is 1. The van der Waals surface area contributed by atoms with Crippen molar-refractivity contribution >= 4 is 39.0 Å². The predicted molar refractivity (Wildman–Crippen MR) is 219 cm³/mol. The standard InChI is InChI=1S/C41H60N4O6S2/c1-27(2)31-10-12-37(47)41(23-29-9-11-34(46)35(20-29)50-6)15-7-8-32(41)24-52-53-26-44-39(43-4)45-33-19-30(18-31)21-36(38(33)48)51-40(25-42-3)16-13-28(22-40)14-17-49-5/h9-12,19-21,27-28,31-32,42,46,48H,7-8,13-18,22-26H2,1-6H3,(H2,43,44,45). The van der Waals surface area contributed by atoms with Crippen LogP contribution < -0.4 is 25.4 Å². The molecule has 2 aliphatic carbocycles. The number of likely N-dealkylation sites (N-methyl/N-ethyl adjacent to an activating group) is 1. The van der Waals surface area contributed by atoms with Crippen molar-refractivity contribution in [3.05, 3.63) is 53.6 Å². The molecular formula is C41H60N4O6S2. The van der Waals surface area contributed by atoms with Gasteiger partial charge in [0.05, 0.1) is 18.7 Å². The summed E-state index contributed by atoms with van der Waals surface area (Å²) in [6.45, 7) is 5.77. The number of aliphatic imine (C=N–C) groups is 1. The molecule has 0 amide bonds. The fraction of sp³-hybridized carbons (Fsp3) is 0.610. The number of ether oxygens (including phenoxy) is 3. The number of phenolic OH excluding ortho intramolecular Hbond substituents is 2. The minimum Gasteiger partial charge on any atom is -0.504 e. The zero-order valence-corrected chi connectivity index (χ0v) is 34.0. The van der Waals surface area contributed by atoms with E-state index in [9.17, 15) is 15.0 Å². The molecule has 292 valence electrons. The van der Waals surface area contributed by atoms with E-state index in [2.05, 4.69) is 40.9 Å². The molecule has 0 saturated heterocycles. The normalized spacial score (nSPS) is 27.6. The first kappa shape index (κ1) is 41.1. The Morgan fingerprint density at radius 2 is 1.92 bits per heavy atom. The highest BCUT2D eigenvalue weighted by Gasteiger charge is 2.47. The third kappa shape index (κ3) is 10.2. The molecule has 5 unspecified atom stereocenters. The van der Waals surface area contributed by atoms with Crippen molar-refractivity contribution in [2.75, 3.05) is 58.4 Å². The van der Waals surface area contributed by atoms with Crippen LogP contribution >= 0.6 is 21.6 Å². The first-order chi connectivity index (χ1) is 25.5. The fourth-order valence-corrected chi connectivity index (χ4v) is 10.7. The van der Waals surface area contributed by atoms with Crippen molar-refractivity contribution < 1.29 is 29.2 Å². The maximum absolute atomic E-state index is 14.6. The zero-order valence-electron chi connectivity index (χ0n) is 32.3. The van der Waals surface area contributed by atoms with Crippen molar-refractivity contribution in [3.8, 4) is 23.0 Å². The molecule has 12 heteroatoms. The van der Waals surface area contributed by atoms with E-state index in [0.717, 1.165) is 68.4 Å². The van der Waals surface area contributed by atoms with E-state index >= 15 is 0 Å². The molecule has 5 atom stereocenters. The Bertz CT molecular complexity index is 1600. The summed E-state index contributed by atoms with van der Waals surface area (Å²) < 4.78 is 17.7. The average molecular weight is 769 g/mol. The summed E-state index contributed by atoms with van der Waals surface area (Å²) in [6.07, 6.45) is 11.8. The third-order valence-corrected chi connectivity index (χ3v) is 13.8. The van der Waals surface area contributed by atoms with Gasteiger partial charge in [-0.2, -0.15) is 0 Å². The summed E-state index contributed by atoms with van der Waals surface area (Å²) in [5.74, 6) is 4.16. The van der Waals surface area contributed by atoms with E-state index in [4.69, 9.17) is 14.2 Å². The lowest BCUT2D eigenvalue weighted by Crippen LogP contribution is -2.42. The van der Waals surface area contributed by atoms with Crippen LogP contribution in [0.25, 0.3) is 0 Å². The van der Waals surface area contributed by atoms with Crippen LogP contribution in [0.3, 0.4) is 0 Å². The third-order valence-electron chi connectivity index (χ3n) is 11.5. The van der Waals surface area contributed by atoms with Crippen LogP contribution in [0.15, 0.2) is 47.5 Å². The summed E-state index contributed by atoms with van der Waals surface area (Å²) in [5, 5.41) is 32.1. The second kappa shape index (κ2) is 19.0. The number of anilines is 1. The molecule has 1 heterocycles. The van der Waals surface area contributed by atoms with Crippen LogP contribution in [-0.2, 0) is 22.4 Å². The predicted octanol–water partition coefficient (Wildman–Crippen LogP) is 7.59.